The first-order valence-electron chi connectivity index (χ1n) is 8.90. The third-order valence-corrected chi connectivity index (χ3v) is 5.73. The molecule has 0 aliphatic carbocycles. The van der Waals surface area contributed by atoms with E-state index in [0.29, 0.717) is 5.92 Å². The first-order valence-corrected chi connectivity index (χ1v) is 11.4. The quantitative estimate of drug-likeness (QED) is 0.390. The Kier molecular flexibility index (Phi) is 10.3. The molecule has 4 heteroatoms. The molecule has 1 unspecified atom stereocenters. The van der Waals surface area contributed by atoms with Crippen molar-refractivity contribution in [1.29, 1.82) is 0 Å². The molecule has 0 amide bonds. The minimum atomic E-state index is 0.0112. The van der Waals surface area contributed by atoms with Crippen molar-refractivity contribution in [2.24, 2.45) is 5.92 Å². The molecule has 2 nitrogen and oxygen atoms in total. The monoisotopic (exact) mass is 370 g/mol. The Hall–Kier alpha value is -0.320. The number of ether oxygens (including phenoxy) is 2. The van der Waals surface area contributed by atoms with Crippen LogP contribution < -0.4 is 4.74 Å². The Morgan fingerprint density at radius 3 is 2.50 bits per heavy atom. The van der Waals surface area contributed by atoms with Gasteiger partial charge in [-0.2, -0.15) is 0 Å². The van der Waals surface area contributed by atoms with Crippen molar-refractivity contribution in [3.05, 3.63) is 18.2 Å². The molecule has 0 fully saturated rings. The van der Waals surface area contributed by atoms with Crippen LogP contribution in [0.4, 0.5) is 0 Å². The molecular weight excluding hydrogens is 336 g/mol. The van der Waals surface area contributed by atoms with Gasteiger partial charge in [-0.25, -0.2) is 0 Å². The van der Waals surface area contributed by atoms with Crippen LogP contribution in [0.1, 0.15) is 53.4 Å². The number of hydrogen-bond acceptors (Lipinski definition) is 4. The topological polar surface area (TPSA) is 18.5 Å². The second-order valence-corrected chi connectivity index (χ2v) is 8.57. The third-order valence-electron chi connectivity index (χ3n) is 4.25. The lowest BCUT2D eigenvalue weighted by molar-refractivity contribution is -0.0183. The summed E-state index contributed by atoms with van der Waals surface area (Å²) in [5.41, 5.74) is 0.0112. The lowest BCUT2D eigenvalue weighted by Crippen LogP contribution is -2.24. The first kappa shape index (κ1) is 21.7. The maximum atomic E-state index is 6.03. The van der Waals surface area contributed by atoms with E-state index in [1.807, 2.05) is 0 Å². The van der Waals surface area contributed by atoms with Crippen LogP contribution in [0.5, 0.6) is 5.75 Å². The van der Waals surface area contributed by atoms with Gasteiger partial charge in [0, 0.05) is 11.5 Å². The minimum absolute atomic E-state index is 0.0112. The molecule has 0 aliphatic rings. The van der Waals surface area contributed by atoms with E-state index in [9.17, 15) is 0 Å². The summed E-state index contributed by atoms with van der Waals surface area (Å²) in [6, 6.07) is 6.45. The van der Waals surface area contributed by atoms with Gasteiger partial charge < -0.3 is 9.47 Å². The van der Waals surface area contributed by atoms with Crippen LogP contribution in [0.3, 0.4) is 0 Å². The van der Waals surface area contributed by atoms with Gasteiger partial charge in [-0.15, -0.1) is 23.5 Å². The molecule has 138 valence electrons. The molecule has 0 aromatic heterocycles. The van der Waals surface area contributed by atoms with E-state index in [0.717, 1.165) is 31.8 Å². The second-order valence-electron chi connectivity index (χ2n) is 6.84. The summed E-state index contributed by atoms with van der Waals surface area (Å²) < 4.78 is 11.8. The van der Waals surface area contributed by atoms with Crippen LogP contribution in [0.25, 0.3) is 0 Å². The Bertz CT molecular complexity index is 475. The molecule has 0 spiro atoms. The van der Waals surface area contributed by atoms with Gasteiger partial charge >= 0.3 is 0 Å². The molecular formula is C20H34O2S2. The molecule has 0 saturated carbocycles. The van der Waals surface area contributed by atoms with Crippen LogP contribution in [0.2, 0.25) is 0 Å². The van der Waals surface area contributed by atoms with Crippen molar-refractivity contribution in [2.45, 2.75) is 68.8 Å². The van der Waals surface area contributed by atoms with E-state index in [1.165, 1.54) is 22.6 Å². The second kappa shape index (κ2) is 11.3. The van der Waals surface area contributed by atoms with Crippen LogP contribution in [0, 0.1) is 5.92 Å². The summed E-state index contributed by atoms with van der Waals surface area (Å²) in [6.45, 7) is 10.4. The van der Waals surface area contributed by atoms with E-state index >= 15 is 0 Å². The molecule has 0 saturated heterocycles. The lowest BCUT2D eigenvalue weighted by Gasteiger charge is -2.25. The van der Waals surface area contributed by atoms with Crippen LogP contribution >= 0.6 is 23.5 Å². The normalized spacial score (nSPS) is 13.1. The van der Waals surface area contributed by atoms with Crippen LogP contribution in [-0.4, -0.2) is 31.3 Å². The molecule has 0 bridgehead atoms. The van der Waals surface area contributed by atoms with E-state index in [4.69, 9.17) is 9.47 Å². The zero-order chi connectivity index (χ0) is 18.0. The zero-order valence-corrected chi connectivity index (χ0v) is 17.8. The lowest BCUT2D eigenvalue weighted by atomic mass is 9.95. The fourth-order valence-electron chi connectivity index (χ4n) is 2.75. The zero-order valence-electron chi connectivity index (χ0n) is 16.2. The molecule has 0 N–H and O–H groups in total. The highest BCUT2D eigenvalue weighted by atomic mass is 32.2. The number of benzene rings is 1. The van der Waals surface area contributed by atoms with Crippen molar-refractivity contribution >= 4 is 23.5 Å². The standard InChI is InChI=1S/C20H34O2S2/c1-7-22-20(3,4)13-8-9-16(2)12-14-21-18-11-10-17(23-5)15-19(18)24-6/h10-11,15-16H,7-9,12-14H2,1-6H3. The average Bonchev–Trinajstić information content (AvgIpc) is 2.54. The molecule has 1 aromatic carbocycles. The maximum Gasteiger partial charge on any atom is 0.132 e. The van der Waals surface area contributed by atoms with Crippen molar-refractivity contribution < 1.29 is 9.47 Å². The number of hydrogen-bond donors (Lipinski definition) is 0. The summed E-state index contributed by atoms with van der Waals surface area (Å²) in [4.78, 5) is 2.52. The largest absolute Gasteiger partial charge is 0.492 e. The first-order chi connectivity index (χ1) is 11.4. The summed E-state index contributed by atoms with van der Waals surface area (Å²) in [6.07, 6.45) is 8.89. The molecule has 0 radical (unpaired) electrons. The predicted octanol–water partition coefficient (Wildman–Crippen LogP) is 6.52. The molecule has 0 heterocycles. The molecule has 0 aliphatic heterocycles. The van der Waals surface area contributed by atoms with Gasteiger partial charge in [0.1, 0.15) is 5.75 Å². The fraction of sp³-hybridized carbons (Fsp3) is 0.700. The van der Waals surface area contributed by atoms with E-state index < -0.39 is 0 Å². The highest BCUT2D eigenvalue weighted by Gasteiger charge is 2.17. The summed E-state index contributed by atoms with van der Waals surface area (Å²) in [7, 11) is 0. The maximum absolute atomic E-state index is 6.03. The van der Waals surface area contributed by atoms with Gasteiger partial charge in [0.25, 0.3) is 0 Å². The van der Waals surface area contributed by atoms with Gasteiger partial charge in [0.05, 0.1) is 17.1 Å². The smallest absolute Gasteiger partial charge is 0.132 e. The SMILES string of the molecule is CCOC(C)(C)CCCC(C)CCOc1ccc(SC)cc1SC. The van der Waals surface area contributed by atoms with Crippen molar-refractivity contribution in [1.82, 2.24) is 0 Å². The fourth-order valence-corrected chi connectivity index (χ4v) is 3.84. The van der Waals surface area contributed by atoms with Gasteiger partial charge in [0.15, 0.2) is 0 Å². The highest BCUT2D eigenvalue weighted by molar-refractivity contribution is 7.99. The Morgan fingerprint density at radius 2 is 1.88 bits per heavy atom. The molecule has 1 rings (SSSR count). The summed E-state index contributed by atoms with van der Waals surface area (Å²) in [5, 5.41) is 0. The molecule has 1 atom stereocenters. The third kappa shape index (κ3) is 8.17. The highest BCUT2D eigenvalue weighted by Crippen LogP contribution is 2.32. The Balaban J connectivity index is 2.32. The van der Waals surface area contributed by atoms with Crippen LogP contribution in [0.15, 0.2) is 28.0 Å². The van der Waals surface area contributed by atoms with E-state index in [1.54, 1.807) is 23.5 Å². The Morgan fingerprint density at radius 1 is 1.12 bits per heavy atom. The van der Waals surface area contributed by atoms with Gasteiger partial charge in [-0.3, -0.25) is 0 Å². The summed E-state index contributed by atoms with van der Waals surface area (Å²) in [5.74, 6) is 1.70. The van der Waals surface area contributed by atoms with Crippen molar-refractivity contribution in [3.63, 3.8) is 0 Å². The molecule has 1 aromatic rings. The Labute approximate surface area is 157 Å². The predicted molar refractivity (Wildman–Crippen MR) is 109 cm³/mol. The van der Waals surface area contributed by atoms with Gasteiger partial charge in [-0.05, 0) is 70.2 Å². The van der Waals surface area contributed by atoms with Gasteiger partial charge in [-0.1, -0.05) is 19.8 Å². The number of thioether (sulfide) groups is 2. The molecule has 24 heavy (non-hydrogen) atoms. The van der Waals surface area contributed by atoms with Crippen LogP contribution in [-0.2, 0) is 4.74 Å². The number of rotatable bonds is 12. The average molecular weight is 371 g/mol. The van der Waals surface area contributed by atoms with Crippen molar-refractivity contribution in [3.8, 4) is 5.75 Å². The van der Waals surface area contributed by atoms with E-state index in [2.05, 4.69) is 58.4 Å². The van der Waals surface area contributed by atoms with Gasteiger partial charge in [0.2, 0.25) is 0 Å². The minimum Gasteiger partial charge on any atom is -0.492 e. The summed E-state index contributed by atoms with van der Waals surface area (Å²) >= 11 is 3.52. The van der Waals surface area contributed by atoms with E-state index in [-0.39, 0.29) is 5.60 Å². The van der Waals surface area contributed by atoms with Crippen molar-refractivity contribution in [2.75, 3.05) is 25.7 Å².